The molecule has 2 aromatic rings. The van der Waals surface area contributed by atoms with Crippen LogP contribution < -0.4 is 0 Å². The topological polar surface area (TPSA) is 79.2 Å². The highest BCUT2D eigenvalue weighted by Crippen LogP contribution is 2.37. The minimum atomic E-state index is -0.770. The SMILES string of the molecule is O=C(O)CC/C=C\CC[C@@H]1[C@@H](N2CCOCC2)[C@H](O)C[C@@H]1OCc1csc(-c2ccccc2)c1. The molecule has 0 spiro atoms. The van der Waals surface area contributed by atoms with Gasteiger partial charge >= 0.3 is 5.97 Å². The summed E-state index contributed by atoms with van der Waals surface area (Å²) >= 11 is 1.73. The molecule has 1 aromatic carbocycles. The number of rotatable bonds is 11. The highest BCUT2D eigenvalue weighted by atomic mass is 32.1. The predicted molar refractivity (Wildman–Crippen MR) is 134 cm³/mol. The van der Waals surface area contributed by atoms with Gasteiger partial charge in [-0.15, -0.1) is 11.3 Å². The van der Waals surface area contributed by atoms with Crippen LogP contribution >= 0.6 is 11.3 Å². The van der Waals surface area contributed by atoms with Gasteiger partial charge in [0.05, 0.1) is 32.0 Å². The average Bonchev–Trinajstić information content (AvgIpc) is 3.45. The van der Waals surface area contributed by atoms with Crippen molar-refractivity contribution >= 4 is 17.3 Å². The minimum absolute atomic E-state index is 0.00432. The van der Waals surface area contributed by atoms with E-state index in [0.29, 0.717) is 32.7 Å². The number of aliphatic hydroxyl groups is 1. The van der Waals surface area contributed by atoms with Crippen molar-refractivity contribution in [2.24, 2.45) is 5.92 Å². The molecule has 184 valence electrons. The number of carbonyl (C=O) groups is 1. The van der Waals surface area contributed by atoms with Gasteiger partial charge in [0.25, 0.3) is 0 Å². The van der Waals surface area contributed by atoms with Crippen molar-refractivity contribution < 1.29 is 24.5 Å². The van der Waals surface area contributed by atoms with E-state index >= 15 is 0 Å². The summed E-state index contributed by atoms with van der Waals surface area (Å²) in [4.78, 5) is 14.3. The van der Waals surface area contributed by atoms with Crippen LogP contribution in [0.15, 0.2) is 53.9 Å². The Kier molecular flexibility index (Phi) is 9.30. The third-order valence-electron chi connectivity index (χ3n) is 6.79. The van der Waals surface area contributed by atoms with Gasteiger partial charge in [0.15, 0.2) is 0 Å². The number of carboxylic acid groups (broad SMARTS) is 1. The molecule has 2 heterocycles. The van der Waals surface area contributed by atoms with Crippen LogP contribution in [0.5, 0.6) is 0 Å². The summed E-state index contributed by atoms with van der Waals surface area (Å²) in [5.74, 6) is -0.544. The normalized spacial score (nSPS) is 25.8. The Morgan fingerprint density at radius 2 is 1.94 bits per heavy atom. The van der Waals surface area contributed by atoms with Gasteiger partial charge in [-0.05, 0) is 41.8 Å². The van der Waals surface area contributed by atoms with Crippen LogP contribution in [-0.4, -0.2) is 65.6 Å². The highest BCUT2D eigenvalue weighted by Gasteiger charge is 2.45. The molecule has 1 aliphatic carbocycles. The molecule has 2 N–H and O–H groups in total. The first-order valence-electron chi connectivity index (χ1n) is 12.2. The second-order valence-electron chi connectivity index (χ2n) is 9.12. The molecular formula is C27H35NO5S. The van der Waals surface area contributed by atoms with Crippen LogP contribution in [0, 0.1) is 5.92 Å². The first kappa shape index (κ1) is 25.1. The van der Waals surface area contributed by atoms with E-state index in [1.54, 1.807) is 11.3 Å². The zero-order valence-corrected chi connectivity index (χ0v) is 20.4. The third-order valence-corrected chi connectivity index (χ3v) is 7.81. The van der Waals surface area contributed by atoms with Gasteiger partial charge in [0.2, 0.25) is 0 Å². The number of nitrogens with zero attached hydrogens (tertiary/aromatic N) is 1. The summed E-state index contributed by atoms with van der Waals surface area (Å²) < 4.78 is 12.0. The Hall–Kier alpha value is -2.03. The first-order valence-corrected chi connectivity index (χ1v) is 13.1. The number of benzene rings is 1. The van der Waals surface area contributed by atoms with Crippen LogP contribution in [0.25, 0.3) is 10.4 Å². The summed E-state index contributed by atoms with van der Waals surface area (Å²) in [6, 6.07) is 12.6. The van der Waals surface area contributed by atoms with Crippen LogP contribution in [0.1, 0.15) is 37.7 Å². The molecule has 1 saturated carbocycles. The maximum absolute atomic E-state index is 11.0. The van der Waals surface area contributed by atoms with Crippen LogP contribution in [0.4, 0.5) is 0 Å². The van der Waals surface area contributed by atoms with Gasteiger partial charge in [0, 0.05) is 42.8 Å². The molecule has 0 unspecified atom stereocenters. The lowest BCUT2D eigenvalue weighted by atomic mass is 9.93. The molecule has 1 saturated heterocycles. The lowest BCUT2D eigenvalue weighted by Gasteiger charge is -2.37. The van der Waals surface area contributed by atoms with Gasteiger partial charge in [-0.1, -0.05) is 42.5 Å². The largest absolute Gasteiger partial charge is 0.481 e. The Labute approximate surface area is 205 Å². The van der Waals surface area contributed by atoms with Crippen molar-refractivity contribution in [2.45, 2.75) is 57.0 Å². The zero-order valence-electron chi connectivity index (χ0n) is 19.6. The van der Waals surface area contributed by atoms with Crippen LogP contribution in [-0.2, 0) is 20.9 Å². The lowest BCUT2D eigenvalue weighted by molar-refractivity contribution is -0.136. The summed E-state index contributed by atoms with van der Waals surface area (Å²) in [6.07, 6.45) is 6.73. The predicted octanol–water partition coefficient (Wildman–Crippen LogP) is 4.58. The van der Waals surface area contributed by atoms with Crippen LogP contribution in [0.3, 0.4) is 0 Å². The number of aliphatic hydroxyl groups excluding tert-OH is 1. The fraction of sp³-hybridized carbons (Fsp3) is 0.519. The number of morpholine rings is 1. The van der Waals surface area contributed by atoms with E-state index in [4.69, 9.17) is 14.6 Å². The zero-order chi connectivity index (χ0) is 23.8. The van der Waals surface area contributed by atoms with Gasteiger partial charge in [0.1, 0.15) is 0 Å². The van der Waals surface area contributed by atoms with Crippen molar-refractivity contribution in [3.63, 3.8) is 0 Å². The second-order valence-corrected chi connectivity index (χ2v) is 10.0. The van der Waals surface area contributed by atoms with Gasteiger partial charge in [-0.3, -0.25) is 9.69 Å². The van der Waals surface area contributed by atoms with E-state index in [1.165, 1.54) is 16.0 Å². The average molecular weight is 486 g/mol. The monoisotopic (exact) mass is 485 g/mol. The molecule has 1 aliphatic heterocycles. The molecule has 4 atom stereocenters. The Morgan fingerprint density at radius 3 is 2.71 bits per heavy atom. The third kappa shape index (κ3) is 6.77. The highest BCUT2D eigenvalue weighted by molar-refractivity contribution is 7.13. The summed E-state index contributed by atoms with van der Waals surface area (Å²) in [7, 11) is 0. The van der Waals surface area contributed by atoms with Crippen molar-refractivity contribution in [2.75, 3.05) is 26.3 Å². The molecule has 0 radical (unpaired) electrons. The quantitative estimate of drug-likeness (QED) is 0.454. The van der Waals surface area contributed by atoms with Gasteiger partial charge in [-0.2, -0.15) is 0 Å². The number of allylic oxidation sites excluding steroid dienone is 2. The number of ether oxygens (including phenoxy) is 2. The summed E-state index contributed by atoms with van der Waals surface area (Å²) in [6.45, 7) is 3.62. The fourth-order valence-corrected chi connectivity index (χ4v) is 6.04. The summed E-state index contributed by atoms with van der Waals surface area (Å²) in [5.41, 5.74) is 2.38. The maximum Gasteiger partial charge on any atom is 0.303 e. The van der Waals surface area contributed by atoms with Gasteiger partial charge in [-0.25, -0.2) is 0 Å². The Balaban J connectivity index is 1.38. The van der Waals surface area contributed by atoms with E-state index in [-0.39, 0.29) is 24.5 Å². The molecule has 1 aromatic heterocycles. The van der Waals surface area contributed by atoms with Crippen molar-refractivity contribution in [1.82, 2.24) is 4.90 Å². The molecule has 2 fully saturated rings. The molecule has 6 nitrogen and oxygen atoms in total. The standard InChI is InChI=1S/C27H35NO5S/c29-23-17-24(33-18-20-16-25(34-19-20)21-8-4-3-5-9-21)22(10-6-1-2-7-11-26(30)31)27(23)28-12-14-32-15-13-28/h1-5,8-9,16,19,22-24,27,29H,6-7,10-15,17-18H2,(H,30,31)/b2-1-/t22-,23+,24-,27+/m0/s1. The first-order chi connectivity index (χ1) is 16.6. The Bertz CT molecular complexity index is 924. The van der Waals surface area contributed by atoms with Gasteiger partial charge < -0.3 is 19.7 Å². The van der Waals surface area contributed by atoms with E-state index in [9.17, 15) is 9.90 Å². The molecule has 34 heavy (non-hydrogen) atoms. The smallest absolute Gasteiger partial charge is 0.303 e. The fourth-order valence-electron chi connectivity index (χ4n) is 5.14. The molecule has 4 rings (SSSR count). The van der Waals surface area contributed by atoms with E-state index in [2.05, 4.69) is 46.7 Å². The maximum atomic E-state index is 11.0. The second kappa shape index (κ2) is 12.6. The molecule has 7 heteroatoms. The van der Waals surface area contributed by atoms with E-state index < -0.39 is 12.1 Å². The Morgan fingerprint density at radius 1 is 1.18 bits per heavy atom. The molecule has 0 bridgehead atoms. The summed E-state index contributed by atoms with van der Waals surface area (Å²) in [5, 5.41) is 22.0. The van der Waals surface area contributed by atoms with E-state index in [1.807, 2.05) is 12.1 Å². The number of hydrogen-bond donors (Lipinski definition) is 2. The van der Waals surface area contributed by atoms with Crippen molar-refractivity contribution in [3.05, 3.63) is 59.5 Å². The van der Waals surface area contributed by atoms with E-state index in [0.717, 1.165) is 25.9 Å². The number of aliphatic carboxylic acids is 1. The number of hydrogen-bond acceptors (Lipinski definition) is 6. The molecule has 0 amide bonds. The molecule has 2 aliphatic rings. The van der Waals surface area contributed by atoms with Crippen LogP contribution in [0.2, 0.25) is 0 Å². The molecular weight excluding hydrogens is 450 g/mol. The van der Waals surface area contributed by atoms with Crippen molar-refractivity contribution in [1.29, 1.82) is 0 Å². The number of thiophene rings is 1. The minimum Gasteiger partial charge on any atom is -0.481 e. The van der Waals surface area contributed by atoms with Crippen molar-refractivity contribution in [3.8, 4) is 10.4 Å². The lowest BCUT2D eigenvalue weighted by Crippen LogP contribution is -2.50. The number of carboxylic acids is 1.